The molecule has 3 rings (SSSR count). The number of carbonyl (C=O) groups is 1. The predicted octanol–water partition coefficient (Wildman–Crippen LogP) is 8.33. The summed E-state index contributed by atoms with van der Waals surface area (Å²) >= 11 is 0. The smallest absolute Gasteiger partial charge is 0.234 e. The van der Waals surface area contributed by atoms with Crippen molar-refractivity contribution in [3.63, 3.8) is 0 Å². The Morgan fingerprint density at radius 2 is 1.10 bits per heavy atom. The van der Waals surface area contributed by atoms with Gasteiger partial charge in [0.15, 0.2) is 0 Å². The van der Waals surface area contributed by atoms with Crippen molar-refractivity contribution in [2.24, 2.45) is 5.41 Å². The van der Waals surface area contributed by atoms with Crippen LogP contribution in [0, 0.1) is 5.41 Å². The van der Waals surface area contributed by atoms with E-state index in [0.29, 0.717) is 5.41 Å². The zero-order valence-corrected chi connectivity index (χ0v) is 21.4. The molecule has 0 spiro atoms. The van der Waals surface area contributed by atoms with E-state index in [4.69, 9.17) is 0 Å². The summed E-state index contributed by atoms with van der Waals surface area (Å²) in [6, 6.07) is 20.4. The minimum absolute atomic E-state index is 0.196. The third kappa shape index (κ3) is 8.16. The molecule has 0 radical (unpaired) electrons. The maximum Gasteiger partial charge on any atom is 0.234 e. The average molecular weight is 426 g/mol. The maximum atomic E-state index is 13.4. The molecular weight excluding hydrogens is 378 g/mol. The second-order valence-electron chi connectivity index (χ2n) is 7.29. The highest BCUT2D eigenvalue weighted by Crippen LogP contribution is 2.39. The van der Waals surface area contributed by atoms with E-state index in [1.807, 2.05) is 77.9 Å². The van der Waals surface area contributed by atoms with Gasteiger partial charge in [0.25, 0.3) is 0 Å². The summed E-state index contributed by atoms with van der Waals surface area (Å²) in [6.45, 7) is 18.4. The zero-order chi connectivity index (χ0) is 23.7. The van der Waals surface area contributed by atoms with Crippen LogP contribution in [0.15, 0.2) is 60.7 Å². The van der Waals surface area contributed by atoms with Gasteiger partial charge in [-0.05, 0) is 29.4 Å². The monoisotopic (exact) mass is 425 g/mol. The summed E-state index contributed by atoms with van der Waals surface area (Å²) in [5, 5.41) is 0. The van der Waals surface area contributed by atoms with Crippen LogP contribution in [0.3, 0.4) is 0 Å². The summed E-state index contributed by atoms with van der Waals surface area (Å²) in [4.78, 5) is 15.5. The molecule has 2 aromatic carbocycles. The van der Waals surface area contributed by atoms with Gasteiger partial charge in [0.05, 0.1) is 5.92 Å². The highest BCUT2D eigenvalue weighted by Gasteiger charge is 2.35. The molecule has 1 aliphatic heterocycles. The van der Waals surface area contributed by atoms with Crippen LogP contribution in [-0.4, -0.2) is 23.9 Å². The lowest BCUT2D eigenvalue weighted by molar-refractivity contribution is -0.134. The van der Waals surface area contributed by atoms with E-state index in [-0.39, 0.29) is 11.8 Å². The first-order valence-corrected chi connectivity index (χ1v) is 12.6. The topological polar surface area (TPSA) is 20.3 Å². The predicted molar refractivity (Wildman–Crippen MR) is 138 cm³/mol. The van der Waals surface area contributed by atoms with Crippen molar-refractivity contribution in [1.82, 2.24) is 4.90 Å². The second kappa shape index (κ2) is 16.6. The van der Waals surface area contributed by atoms with Crippen LogP contribution in [0.1, 0.15) is 98.1 Å². The Labute approximate surface area is 193 Å². The van der Waals surface area contributed by atoms with Crippen molar-refractivity contribution < 1.29 is 4.79 Å². The molecule has 1 amide bonds. The SMILES string of the molecule is CC.CC.CC.CCC1(CC)CCN(C(=O)C(c2ccccc2)c2ccccc2)CC1. The number of hydrogen-bond acceptors (Lipinski definition) is 1. The molecule has 1 saturated heterocycles. The second-order valence-corrected chi connectivity index (χ2v) is 7.29. The van der Waals surface area contributed by atoms with Crippen molar-refractivity contribution in [2.45, 2.75) is 87.0 Å². The molecule has 174 valence electrons. The fraction of sp³-hybridized carbons (Fsp3) is 0.552. The molecule has 31 heavy (non-hydrogen) atoms. The van der Waals surface area contributed by atoms with Crippen LogP contribution in [0.5, 0.6) is 0 Å². The first-order valence-electron chi connectivity index (χ1n) is 12.6. The van der Waals surface area contributed by atoms with Gasteiger partial charge in [0.1, 0.15) is 0 Å². The number of hydrogen-bond donors (Lipinski definition) is 0. The molecule has 1 aliphatic rings. The molecule has 2 heteroatoms. The van der Waals surface area contributed by atoms with Gasteiger partial charge < -0.3 is 4.90 Å². The third-order valence-corrected chi connectivity index (χ3v) is 6.15. The van der Waals surface area contributed by atoms with Crippen molar-refractivity contribution in [2.75, 3.05) is 13.1 Å². The van der Waals surface area contributed by atoms with Gasteiger partial charge in [-0.25, -0.2) is 0 Å². The Balaban J connectivity index is 0.00000138. The summed E-state index contributed by atoms with van der Waals surface area (Å²) < 4.78 is 0. The number of likely N-dealkylation sites (tertiary alicyclic amines) is 1. The van der Waals surface area contributed by atoms with Crippen LogP contribution in [0.4, 0.5) is 0 Å². The molecule has 1 fully saturated rings. The lowest BCUT2D eigenvalue weighted by Gasteiger charge is -2.42. The Hall–Kier alpha value is -2.09. The number of piperidine rings is 1. The largest absolute Gasteiger partial charge is 0.342 e. The molecule has 0 bridgehead atoms. The number of amides is 1. The molecule has 0 N–H and O–H groups in total. The molecule has 1 heterocycles. The molecule has 2 aromatic rings. The Bertz CT molecular complexity index is 627. The van der Waals surface area contributed by atoms with Gasteiger partial charge in [-0.3, -0.25) is 4.79 Å². The maximum absolute atomic E-state index is 13.4. The van der Waals surface area contributed by atoms with Crippen LogP contribution in [-0.2, 0) is 4.79 Å². The summed E-state index contributed by atoms with van der Waals surface area (Å²) in [5.74, 6) is 0.0522. The first kappa shape index (κ1) is 28.9. The van der Waals surface area contributed by atoms with E-state index in [2.05, 4.69) is 43.0 Å². The van der Waals surface area contributed by atoms with Gasteiger partial charge >= 0.3 is 0 Å². The van der Waals surface area contributed by atoms with E-state index < -0.39 is 0 Å². The number of rotatable bonds is 5. The Morgan fingerprint density at radius 1 is 0.742 bits per heavy atom. The van der Waals surface area contributed by atoms with Gasteiger partial charge in [0.2, 0.25) is 5.91 Å². The third-order valence-electron chi connectivity index (χ3n) is 6.15. The van der Waals surface area contributed by atoms with Gasteiger partial charge in [-0.1, -0.05) is 129 Å². The van der Waals surface area contributed by atoms with Crippen molar-refractivity contribution >= 4 is 5.91 Å². The molecule has 0 aromatic heterocycles. The van der Waals surface area contributed by atoms with Crippen molar-refractivity contribution in [3.05, 3.63) is 71.8 Å². The summed E-state index contributed by atoms with van der Waals surface area (Å²) in [5.41, 5.74) is 2.61. The number of carbonyl (C=O) groups excluding carboxylic acids is 1. The van der Waals surface area contributed by atoms with Crippen molar-refractivity contribution in [3.8, 4) is 0 Å². The number of benzene rings is 2. The van der Waals surface area contributed by atoms with Crippen LogP contribution in [0.2, 0.25) is 0 Å². The Kier molecular flexibility index (Phi) is 15.5. The van der Waals surface area contributed by atoms with Crippen molar-refractivity contribution in [1.29, 1.82) is 0 Å². The van der Waals surface area contributed by atoms with E-state index >= 15 is 0 Å². The Morgan fingerprint density at radius 3 is 1.42 bits per heavy atom. The lowest BCUT2D eigenvalue weighted by Crippen LogP contribution is -2.44. The molecule has 0 saturated carbocycles. The summed E-state index contributed by atoms with van der Waals surface area (Å²) in [7, 11) is 0. The molecule has 2 nitrogen and oxygen atoms in total. The van der Waals surface area contributed by atoms with E-state index in [1.165, 1.54) is 12.8 Å². The number of nitrogens with zero attached hydrogens (tertiary/aromatic N) is 1. The van der Waals surface area contributed by atoms with Crippen LogP contribution < -0.4 is 0 Å². The van der Waals surface area contributed by atoms with Crippen LogP contribution in [0.25, 0.3) is 0 Å². The van der Waals surface area contributed by atoms with E-state index in [0.717, 1.165) is 37.1 Å². The van der Waals surface area contributed by atoms with Crippen LogP contribution >= 0.6 is 0 Å². The first-order chi connectivity index (χ1) is 15.2. The normalized spacial score (nSPS) is 14.2. The standard InChI is InChI=1S/C23H29NO.3C2H6/c1-3-23(4-2)15-17-24(18-16-23)22(25)21(19-11-7-5-8-12-19)20-13-9-6-10-14-20;3*1-2/h5-14,21H,3-4,15-18H2,1-2H3;3*1-2H3. The fourth-order valence-corrected chi connectivity index (χ4v) is 4.11. The van der Waals surface area contributed by atoms with Gasteiger partial charge in [-0.15, -0.1) is 0 Å². The molecule has 0 aliphatic carbocycles. The highest BCUT2D eigenvalue weighted by atomic mass is 16.2. The highest BCUT2D eigenvalue weighted by molar-refractivity contribution is 5.87. The quantitative estimate of drug-likeness (QED) is 0.471. The minimum Gasteiger partial charge on any atom is -0.342 e. The fourth-order valence-electron chi connectivity index (χ4n) is 4.11. The molecular formula is C29H47NO. The summed E-state index contributed by atoms with van der Waals surface area (Å²) in [6.07, 6.45) is 4.68. The van der Waals surface area contributed by atoms with Gasteiger partial charge in [-0.2, -0.15) is 0 Å². The molecule has 0 atom stereocenters. The van der Waals surface area contributed by atoms with Gasteiger partial charge in [0, 0.05) is 13.1 Å². The van der Waals surface area contributed by atoms with E-state index in [1.54, 1.807) is 0 Å². The average Bonchev–Trinajstić information content (AvgIpc) is 2.89. The molecule has 0 unspecified atom stereocenters. The lowest BCUT2D eigenvalue weighted by atomic mass is 9.74. The minimum atomic E-state index is -0.196. The van der Waals surface area contributed by atoms with E-state index in [9.17, 15) is 4.79 Å². The zero-order valence-electron chi connectivity index (χ0n) is 21.4.